The lowest BCUT2D eigenvalue weighted by Gasteiger charge is -2.20. The van der Waals surface area contributed by atoms with Crippen LogP contribution in [0.2, 0.25) is 0 Å². The molecule has 4 rings (SSSR count). The van der Waals surface area contributed by atoms with E-state index in [1.165, 1.54) is 12.4 Å². The van der Waals surface area contributed by atoms with Crippen molar-refractivity contribution in [3.63, 3.8) is 0 Å². The summed E-state index contributed by atoms with van der Waals surface area (Å²) in [4.78, 5) is 7.98. The highest BCUT2D eigenvalue weighted by atomic mass is 19.4. The monoisotopic (exact) mass is 646 g/mol. The first kappa shape index (κ1) is 33.0. The molecule has 0 saturated heterocycles. The van der Waals surface area contributed by atoms with Crippen LogP contribution in [0.25, 0.3) is 11.4 Å². The fourth-order valence-electron chi connectivity index (χ4n) is 3.90. The number of hydrogen-bond donors (Lipinski definition) is 0. The average Bonchev–Trinajstić information content (AvgIpc) is 2.92. The second kappa shape index (κ2) is 13.0. The molecule has 236 valence electrons. The summed E-state index contributed by atoms with van der Waals surface area (Å²) in [6.45, 7) is 1.97. The van der Waals surface area contributed by atoms with E-state index in [0.717, 1.165) is 18.4 Å². The molecule has 0 radical (unpaired) electrons. The van der Waals surface area contributed by atoms with Crippen LogP contribution in [0, 0.1) is 46.7 Å². The third-order valence-corrected chi connectivity index (χ3v) is 5.93. The highest BCUT2D eigenvalue weighted by molar-refractivity contribution is 5.56. The summed E-state index contributed by atoms with van der Waals surface area (Å²) in [5.41, 5.74) is -3.18. The Morgan fingerprint density at radius 1 is 0.689 bits per heavy atom. The van der Waals surface area contributed by atoms with Crippen molar-refractivity contribution in [3.05, 3.63) is 106 Å². The maximum Gasteiger partial charge on any atom is 0.573 e. The number of alkyl halides is 5. The van der Waals surface area contributed by atoms with E-state index >= 15 is 0 Å². The zero-order chi connectivity index (χ0) is 33.1. The lowest BCUT2D eigenvalue weighted by molar-refractivity contribution is -0.276. The summed E-state index contributed by atoms with van der Waals surface area (Å²) in [5.74, 6) is -9.92. The second-order valence-corrected chi connectivity index (χ2v) is 9.28. The molecular formula is C30H17F11N2O2. The Kier molecular flexibility index (Phi) is 9.55. The van der Waals surface area contributed by atoms with Gasteiger partial charge in [-0.1, -0.05) is 25.2 Å². The van der Waals surface area contributed by atoms with Gasteiger partial charge in [0, 0.05) is 35.7 Å². The van der Waals surface area contributed by atoms with E-state index in [9.17, 15) is 48.3 Å². The summed E-state index contributed by atoms with van der Waals surface area (Å²) < 4.78 is 160. The number of benzene rings is 3. The van der Waals surface area contributed by atoms with Crippen LogP contribution in [0.4, 0.5) is 48.3 Å². The average molecular weight is 646 g/mol. The molecule has 0 bridgehead atoms. The number of halogens is 11. The van der Waals surface area contributed by atoms with Crippen molar-refractivity contribution < 1.29 is 57.8 Å². The fraction of sp³-hybridized carbons (Fsp3) is 0.200. The molecule has 0 spiro atoms. The third-order valence-electron chi connectivity index (χ3n) is 5.93. The molecule has 1 aromatic heterocycles. The third kappa shape index (κ3) is 8.00. The van der Waals surface area contributed by atoms with E-state index in [4.69, 9.17) is 0 Å². The van der Waals surface area contributed by atoms with Crippen LogP contribution in [0.1, 0.15) is 42.0 Å². The van der Waals surface area contributed by atoms with Gasteiger partial charge in [-0.25, -0.2) is 36.3 Å². The zero-order valence-corrected chi connectivity index (χ0v) is 22.6. The van der Waals surface area contributed by atoms with Crippen molar-refractivity contribution in [3.8, 4) is 34.7 Å². The van der Waals surface area contributed by atoms with Crippen LogP contribution in [0.3, 0.4) is 0 Å². The molecule has 3 aromatic carbocycles. The predicted octanol–water partition coefficient (Wildman–Crippen LogP) is 8.75. The number of ether oxygens (including phenoxy) is 2. The maximum absolute atomic E-state index is 14.9. The SMILES string of the molecule is CCCCc1cnc(-c2cc(F)c(C(F)(F)Oc3cc(F)c(C#Cc4cc(F)c(OC(F)(F)F)c(F)c4)c(F)c3)c(F)c2)nc1. The Morgan fingerprint density at radius 3 is 1.76 bits per heavy atom. The predicted molar refractivity (Wildman–Crippen MR) is 136 cm³/mol. The molecule has 0 saturated carbocycles. The molecule has 0 fully saturated rings. The van der Waals surface area contributed by atoms with Crippen molar-refractivity contribution in [1.82, 2.24) is 9.97 Å². The molecule has 0 unspecified atom stereocenters. The number of aromatic nitrogens is 2. The van der Waals surface area contributed by atoms with Gasteiger partial charge in [-0.2, -0.15) is 8.78 Å². The standard InChI is InChI=1S/C30H17F11N2O2/c1-2-3-4-16-13-42-28(43-14-16)17-9-22(33)26(23(34)10-17)29(37,38)44-18-11-20(31)19(21(32)12-18)6-5-15-7-24(35)27(25(36)8-15)45-30(39,40)41/h7-14H,2-4H2,1H3. The zero-order valence-electron chi connectivity index (χ0n) is 22.6. The highest BCUT2D eigenvalue weighted by Gasteiger charge is 2.41. The molecular weight excluding hydrogens is 629 g/mol. The quantitative estimate of drug-likeness (QED) is 0.142. The number of aryl methyl sites for hydroxylation is 1. The van der Waals surface area contributed by atoms with E-state index < -0.39 is 75.6 Å². The molecule has 0 amide bonds. The molecule has 0 atom stereocenters. The highest BCUT2D eigenvalue weighted by Crippen LogP contribution is 2.37. The van der Waals surface area contributed by atoms with E-state index in [-0.39, 0.29) is 35.7 Å². The van der Waals surface area contributed by atoms with Gasteiger partial charge < -0.3 is 9.47 Å². The molecule has 0 aliphatic rings. The Hall–Kier alpha value is -4.87. The molecule has 0 N–H and O–H groups in total. The van der Waals surface area contributed by atoms with Crippen LogP contribution >= 0.6 is 0 Å². The summed E-state index contributed by atoms with van der Waals surface area (Å²) in [6.07, 6.45) is -4.94. The van der Waals surface area contributed by atoms with Gasteiger partial charge in [0.05, 0.1) is 5.56 Å². The van der Waals surface area contributed by atoms with Crippen LogP contribution in [0.5, 0.6) is 11.5 Å². The first-order valence-electron chi connectivity index (χ1n) is 12.7. The minimum atomic E-state index is -5.42. The second-order valence-electron chi connectivity index (χ2n) is 9.28. The largest absolute Gasteiger partial charge is 0.573 e. The van der Waals surface area contributed by atoms with Crippen LogP contribution in [0.15, 0.2) is 48.8 Å². The summed E-state index contributed by atoms with van der Waals surface area (Å²) in [5, 5.41) is 0. The van der Waals surface area contributed by atoms with Crippen LogP contribution in [-0.4, -0.2) is 16.3 Å². The van der Waals surface area contributed by atoms with Crippen molar-refractivity contribution >= 4 is 0 Å². The number of unbranched alkanes of at least 4 members (excludes halogenated alkanes) is 1. The summed E-state index contributed by atoms with van der Waals surface area (Å²) in [7, 11) is 0. The fourth-order valence-corrected chi connectivity index (χ4v) is 3.90. The summed E-state index contributed by atoms with van der Waals surface area (Å²) in [6, 6.07) is 2.03. The Balaban J connectivity index is 1.56. The Morgan fingerprint density at radius 2 is 1.24 bits per heavy atom. The van der Waals surface area contributed by atoms with Crippen molar-refractivity contribution in [2.75, 3.05) is 0 Å². The number of hydrogen-bond acceptors (Lipinski definition) is 4. The van der Waals surface area contributed by atoms with Gasteiger partial charge >= 0.3 is 12.5 Å². The smallest absolute Gasteiger partial charge is 0.429 e. The molecule has 45 heavy (non-hydrogen) atoms. The van der Waals surface area contributed by atoms with Crippen molar-refractivity contribution in [2.24, 2.45) is 0 Å². The Bertz CT molecular complexity index is 1710. The molecule has 15 heteroatoms. The van der Waals surface area contributed by atoms with Gasteiger partial charge in [-0.05, 0) is 42.7 Å². The maximum atomic E-state index is 14.9. The van der Waals surface area contributed by atoms with E-state index in [2.05, 4.69) is 19.4 Å². The first-order chi connectivity index (χ1) is 21.1. The lowest BCUT2D eigenvalue weighted by Crippen LogP contribution is -2.25. The van der Waals surface area contributed by atoms with E-state index in [1.807, 2.05) is 18.8 Å². The molecule has 4 aromatic rings. The molecule has 4 nitrogen and oxygen atoms in total. The Labute approximate surface area is 247 Å². The molecule has 1 heterocycles. The van der Waals surface area contributed by atoms with Gasteiger partial charge in [0.1, 0.15) is 34.6 Å². The van der Waals surface area contributed by atoms with E-state index in [0.29, 0.717) is 18.6 Å². The molecule has 0 aliphatic heterocycles. The van der Waals surface area contributed by atoms with Gasteiger partial charge in [0.2, 0.25) is 5.75 Å². The molecule has 0 aliphatic carbocycles. The minimum Gasteiger partial charge on any atom is -0.429 e. The van der Waals surface area contributed by atoms with Gasteiger partial charge in [-0.15, -0.1) is 13.2 Å². The van der Waals surface area contributed by atoms with Crippen molar-refractivity contribution in [1.29, 1.82) is 0 Å². The minimum absolute atomic E-state index is 0.152. The summed E-state index contributed by atoms with van der Waals surface area (Å²) >= 11 is 0. The van der Waals surface area contributed by atoms with Gasteiger partial charge in [0.25, 0.3) is 0 Å². The van der Waals surface area contributed by atoms with Crippen LogP contribution in [-0.2, 0) is 12.5 Å². The van der Waals surface area contributed by atoms with Gasteiger partial charge in [-0.3, -0.25) is 0 Å². The van der Waals surface area contributed by atoms with E-state index in [1.54, 1.807) is 0 Å². The van der Waals surface area contributed by atoms with Gasteiger partial charge in [0.15, 0.2) is 17.5 Å². The number of rotatable bonds is 8. The normalized spacial score (nSPS) is 11.6. The lowest BCUT2D eigenvalue weighted by atomic mass is 10.1. The topological polar surface area (TPSA) is 44.2 Å². The first-order valence-corrected chi connectivity index (χ1v) is 12.7. The van der Waals surface area contributed by atoms with Crippen molar-refractivity contribution in [2.45, 2.75) is 38.7 Å². The number of nitrogens with zero attached hydrogens (tertiary/aromatic N) is 2. The van der Waals surface area contributed by atoms with Crippen LogP contribution < -0.4 is 9.47 Å².